The summed E-state index contributed by atoms with van der Waals surface area (Å²) >= 11 is 5.76. The Hall–Kier alpha value is -0.670. The van der Waals surface area contributed by atoms with Gasteiger partial charge in [0.15, 0.2) is 5.78 Å². The van der Waals surface area contributed by atoms with Crippen molar-refractivity contribution in [1.29, 1.82) is 0 Å². The maximum Gasteiger partial charge on any atom is 0.178 e. The van der Waals surface area contributed by atoms with Crippen molar-refractivity contribution in [2.75, 3.05) is 5.75 Å². The van der Waals surface area contributed by atoms with Crippen LogP contribution in [0.2, 0.25) is 5.02 Å². The third-order valence-electron chi connectivity index (χ3n) is 2.39. The Morgan fingerprint density at radius 2 is 1.76 bits per heavy atom. The Labute approximate surface area is 110 Å². The van der Waals surface area contributed by atoms with Gasteiger partial charge in [-0.15, -0.1) is 0 Å². The average Bonchev–Trinajstić information content (AvgIpc) is 2.27. The molecule has 2 atom stereocenters. The zero-order valence-electron chi connectivity index (χ0n) is 10.3. The van der Waals surface area contributed by atoms with Gasteiger partial charge in [-0.2, -0.15) is 0 Å². The van der Waals surface area contributed by atoms with E-state index < -0.39 is 16.0 Å². The second kappa shape index (κ2) is 6.31. The van der Waals surface area contributed by atoms with Crippen LogP contribution in [0.5, 0.6) is 0 Å². The maximum absolute atomic E-state index is 12.0. The van der Waals surface area contributed by atoms with E-state index in [2.05, 4.69) is 0 Å². The van der Waals surface area contributed by atoms with Gasteiger partial charge in [0.25, 0.3) is 0 Å². The Kier molecular flexibility index (Phi) is 5.34. The van der Waals surface area contributed by atoms with Crippen LogP contribution in [-0.4, -0.2) is 21.0 Å². The van der Waals surface area contributed by atoms with Crippen molar-refractivity contribution in [2.24, 2.45) is 5.92 Å². The summed E-state index contributed by atoms with van der Waals surface area (Å²) in [5.74, 6) is 0.803. The summed E-state index contributed by atoms with van der Waals surface area (Å²) in [6, 6.07) is 6.70. The summed E-state index contributed by atoms with van der Waals surface area (Å²) in [7, 11) is -1.11. The molecule has 0 saturated carbocycles. The quantitative estimate of drug-likeness (QED) is 0.771. The van der Waals surface area contributed by atoms with Crippen LogP contribution >= 0.6 is 11.6 Å². The van der Waals surface area contributed by atoms with Crippen LogP contribution in [0.3, 0.4) is 0 Å². The summed E-state index contributed by atoms with van der Waals surface area (Å²) < 4.78 is 11.9. The number of benzene rings is 1. The minimum absolute atomic E-state index is 0.0827. The lowest BCUT2D eigenvalue weighted by atomic mass is 10.1. The molecule has 0 aliphatic heterocycles. The molecule has 1 aromatic rings. The molecule has 94 valence electrons. The molecule has 2 unspecified atom stereocenters. The lowest BCUT2D eigenvalue weighted by molar-refractivity contribution is 0.0992. The van der Waals surface area contributed by atoms with Gasteiger partial charge < -0.3 is 0 Å². The number of ketones is 1. The van der Waals surface area contributed by atoms with Crippen molar-refractivity contribution in [3.8, 4) is 0 Å². The number of hydrogen-bond acceptors (Lipinski definition) is 2. The molecule has 2 nitrogen and oxygen atoms in total. The zero-order valence-corrected chi connectivity index (χ0v) is 11.8. The van der Waals surface area contributed by atoms with Crippen LogP contribution in [0, 0.1) is 5.92 Å². The molecule has 0 N–H and O–H groups in total. The van der Waals surface area contributed by atoms with E-state index in [4.69, 9.17) is 11.6 Å². The van der Waals surface area contributed by atoms with Gasteiger partial charge >= 0.3 is 0 Å². The minimum atomic E-state index is -1.11. The summed E-state index contributed by atoms with van der Waals surface area (Å²) in [5, 5.41) is 0.135. The third-order valence-corrected chi connectivity index (χ3v) is 4.64. The van der Waals surface area contributed by atoms with E-state index in [1.807, 2.05) is 13.8 Å². The van der Waals surface area contributed by atoms with Crippen molar-refractivity contribution in [2.45, 2.75) is 26.0 Å². The van der Waals surface area contributed by atoms with E-state index in [0.29, 0.717) is 22.3 Å². The first kappa shape index (κ1) is 14.4. The van der Waals surface area contributed by atoms with Crippen molar-refractivity contribution in [1.82, 2.24) is 0 Å². The van der Waals surface area contributed by atoms with Gasteiger partial charge in [0.1, 0.15) is 0 Å². The second-order valence-corrected chi connectivity index (χ2v) is 6.69. The van der Waals surface area contributed by atoms with Gasteiger partial charge in [-0.1, -0.05) is 25.4 Å². The van der Waals surface area contributed by atoms with E-state index in [1.54, 1.807) is 31.2 Å². The smallest absolute Gasteiger partial charge is 0.178 e. The number of Topliss-reactive ketones (excluding diaryl/α,β-unsaturated/α-hetero) is 1. The molecule has 0 spiro atoms. The molecule has 0 bridgehead atoms. The maximum atomic E-state index is 12.0. The van der Waals surface area contributed by atoms with Crippen LogP contribution in [-0.2, 0) is 10.8 Å². The predicted molar refractivity (Wildman–Crippen MR) is 73.1 cm³/mol. The van der Waals surface area contributed by atoms with E-state index in [1.165, 1.54) is 0 Å². The fraction of sp³-hybridized carbons (Fsp3) is 0.462. The monoisotopic (exact) mass is 272 g/mol. The van der Waals surface area contributed by atoms with Crippen LogP contribution in [0.1, 0.15) is 31.1 Å². The largest absolute Gasteiger partial charge is 0.293 e. The molecular weight excluding hydrogens is 256 g/mol. The highest BCUT2D eigenvalue weighted by Crippen LogP contribution is 2.14. The number of hydrogen-bond donors (Lipinski definition) is 0. The van der Waals surface area contributed by atoms with Gasteiger partial charge in [0.2, 0.25) is 0 Å². The Morgan fingerprint density at radius 3 is 2.24 bits per heavy atom. The fourth-order valence-corrected chi connectivity index (χ4v) is 2.89. The first-order valence-electron chi connectivity index (χ1n) is 5.58. The number of carbonyl (C=O) groups excluding carboxylic acids is 1. The molecule has 0 saturated heterocycles. The molecular formula is C13H17ClO2S. The molecule has 4 heteroatoms. The molecule has 0 radical (unpaired) electrons. The minimum Gasteiger partial charge on any atom is -0.293 e. The van der Waals surface area contributed by atoms with Gasteiger partial charge in [-0.25, -0.2) is 0 Å². The van der Waals surface area contributed by atoms with Gasteiger partial charge in [-0.05, 0) is 37.1 Å². The SMILES string of the molecule is CC(C)CS(=O)C(C)C(=O)c1ccc(Cl)cc1. The average molecular weight is 273 g/mol. The van der Waals surface area contributed by atoms with E-state index >= 15 is 0 Å². The molecule has 0 aliphatic rings. The van der Waals surface area contributed by atoms with Gasteiger partial charge in [-0.3, -0.25) is 9.00 Å². The van der Waals surface area contributed by atoms with E-state index in [9.17, 15) is 9.00 Å². The Morgan fingerprint density at radius 1 is 1.24 bits per heavy atom. The first-order chi connectivity index (χ1) is 7.91. The number of halogens is 1. The molecule has 0 amide bonds. The topological polar surface area (TPSA) is 34.1 Å². The van der Waals surface area contributed by atoms with Crippen LogP contribution in [0.25, 0.3) is 0 Å². The lowest BCUT2D eigenvalue weighted by Crippen LogP contribution is -2.26. The highest BCUT2D eigenvalue weighted by molar-refractivity contribution is 7.86. The van der Waals surface area contributed by atoms with Crippen molar-refractivity contribution in [3.05, 3.63) is 34.9 Å². The van der Waals surface area contributed by atoms with Crippen LogP contribution in [0.15, 0.2) is 24.3 Å². The normalized spacial score (nSPS) is 14.6. The third kappa shape index (κ3) is 4.25. The van der Waals surface area contributed by atoms with Gasteiger partial charge in [0.05, 0.1) is 5.25 Å². The second-order valence-electron chi connectivity index (χ2n) is 4.45. The summed E-state index contributed by atoms with van der Waals surface area (Å²) in [5.41, 5.74) is 0.569. The fourth-order valence-electron chi connectivity index (χ4n) is 1.44. The van der Waals surface area contributed by atoms with Crippen molar-refractivity contribution >= 4 is 28.2 Å². The molecule has 1 rings (SSSR count). The highest BCUT2D eigenvalue weighted by atomic mass is 35.5. The van der Waals surface area contributed by atoms with Crippen LogP contribution < -0.4 is 0 Å². The number of rotatable bonds is 5. The molecule has 17 heavy (non-hydrogen) atoms. The molecule has 0 aromatic heterocycles. The van der Waals surface area contributed by atoms with E-state index in [-0.39, 0.29) is 5.78 Å². The van der Waals surface area contributed by atoms with E-state index in [0.717, 1.165) is 0 Å². The summed E-state index contributed by atoms with van der Waals surface area (Å²) in [6.07, 6.45) is 0. The zero-order chi connectivity index (χ0) is 13.0. The Balaban J connectivity index is 2.76. The molecule has 0 aliphatic carbocycles. The highest BCUT2D eigenvalue weighted by Gasteiger charge is 2.21. The first-order valence-corrected chi connectivity index (χ1v) is 7.34. The summed E-state index contributed by atoms with van der Waals surface area (Å²) in [6.45, 7) is 5.71. The number of carbonyl (C=O) groups is 1. The summed E-state index contributed by atoms with van der Waals surface area (Å²) in [4.78, 5) is 12.0. The van der Waals surface area contributed by atoms with Gasteiger partial charge in [0, 0.05) is 27.1 Å². The molecule has 0 fully saturated rings. The molecule has 0 heterocycles. The lowest BCUT2D eigenvalue weighted by Gasteiger charge is -2.12. The van der Waals surface area contributed by atoms with Crippen molar-refractivity contribution < 1.29 is 9.00 Å². The standard InChI is InChI=1S/C13H17ClO2S/c1-9(2)8-17(16)10(3)13(15)11-4-6-12(14)7-5-11/h4-7,9-10H,8H2,1-3H3. The van der Waals surface area contributed by atoms with Crippen molar-refractivity contribution in [3.63, 3.8) is 0 Å². The predicted octanol–water partition coefficient (Wildman–Crippen LogP) is 3.32. The Bertz CT molecular complexity index is 412. The van der Waals surface area contributed by atoms with Crippen LogP contribution in [0.4, 0.5) is 0 Å². The molecule has 1 aromatic carbocycles.